The number of likely N-dealkylation sites (N-methyl/N-ethyl adjacent to an activating group) is 1. The number of sulfonamides is 1. The highest BCUT2D eigenvalue weighted by atomic mass is 35.5. The lowest BCUT2D eigenvalue weighted by Gasteiger charge is -2.29. The summed E-state index contributed by atoms with van der Waals surface area (Å²) in [6.45, 7) is 6.14. The van der Waals surface area contributed by atoms with Gasteiger partial charge in [0.15, 0.2) is 0 Å². The number of anilines is 1. The summed E-state index contributed by atoms with van der Waals surface area (Å²) in [5, 5.41) is 3.50. The maximum Gasteiger partial charge on any atom is 0.242 e. The van der Waals surface area contributed by atoms with Crippen LogP contribution in [0.2, 0.25) is 10.0 Å². The number of nitrogens with one attached hydrogen (secondary N) is 1. The lowest BCUT2D eigenvalue weighted by atomic mass is 10.1. The third kappa shape index (κ3) is 7.89. The molecule has 0 saturated heterocycles. The molecule has 0 fully saturated rings. The van der Waals surface area contributed by atoms with E-state index in [1.807, 2.05) is 19.1 Å². The Hall–Kier alpha value is -2.29. The van der Waals surface area contributed by atoms with Gasteiger partial charge in [-0.25, -0.2) is 8.42 Å². The van der Waals surface area contributed by atoms with E-state index in [0.29, 0.717) is 28.7 Å². The van der Waals surface area contributed by atoms with E-state index in [-0.39, 0.29) is 31.3 Å². The second kappa shape index (κ2) is 12.4. The Morgan fingerprint density at radius 1 is 1.06 bits per heavy atom. The van der Waals surface area contributed by atoms with Crippen LogP contribution in [0.25, 0.3) is 0 Å². The van der Waals surface area contributed by atoms with Crippen LogP contribution in [0.3, 0.4) is 0 Å². The van der Waals surface area contributed by atoms with Gasteiger partial charge in [-0.05, 0) is 57.0 Å². The van der Waals surface area contributed by atoms with Crippen LogP contribution in [0.15, 0.2) is 42.5 Å². The largest absolute Gasteiger partial charge is 0.355 e. The zero-order valence-electron chi connectivity index (χ0n) is 19.8. The Morgan fingerprint density at radius 2 is 1.71 bits per heavy atom. The molecule has 0 heterocycles. The summed E-state index contributed by atoms with van der Waals surface area (Å²) in [7, 11) is -3.53. The monoisotopic (exact) mass is 527 g/mol. The smallest absolute Gasteiger partial charge is 0.242 e. The van der Waals surface area contributed by atoms with Gasteiger partial charge in [0.25, 0.3) is 0 Å². The normalized spacial score (nSPS) is 12.2. The van der Waals surface area contributed by atoms with E-state index in [2.05, 4.69) is 5.32 Å². The quantitative estimate of drug-likeness (QED) is 0.469. The van der Waals surface area contributed by atoms with Gasteiger partial charge in [0.05, 0.1) is 22.0 Å². The Balaban J connectivity index is 2.17. The number of carbonyl (C=O) groups is 2. The molecule has 7 nitrogen and oxygen atoms in total. The number of aryl methyl sites for hydroxylation is 1. The summed E-state index contributed by atoms with van der Waals surface area (Å²) in [5.41, 5.74) is 2.30. The van der Waals surface area contributed by atoms with Crippen LogP contribution >= 0.6 is 23.2 Å². The van der Waals surface area contributed by atoms with Gasteiger partial charge in [-0.3, -0.25) is 13.9 Å². The lowest BCUT2D eigenvalue weighted by Crippen LogP contribution is -2.47. The minimum absolute atomic E-state index is 0.0724. The molecule has 0 bridgehead atoms. The highest BCUT2D eigenvalue weighted by molar-refractivity contribution is 7.92. The summed E-state index contributed by atoms with van der Waals surface area (Å²) in [5.74, 6) is -0.532. The average Bonchev–Trinajstić information content (AvgIpc) is 2.77. The highest BCUT2D eigenvalue weighted by Gasteiger charge is 2.26. The number of amides is 2. The van der Waals surface area contributed by atoms with Gasteiger partial charge in [-0.15, -0.1) is 0 Å². The average molecular weight is 529 g/mol. The number of carbonyl (C=O) groups excluding carboxylic acids is 2. The standard InChI is InChI=1S/C24H31Cl2N3O4S/c1-5-27-24(31)18(3)28(16-19-10-13-21(25)22(26)15-19)23(30)7-6-14-29(34(4,32)33)20-11-8-17(2)9-12-20/h8-13,15,18H,5-7,14,16H2,1-4H3,(H,27,31). The molecule has 186 valence electrons. The van der Waals surface area contributed by atoms with E-state index >= 15 is 0 Å². The van der Waals surface area contributed by atoms with E-state index in [0.717, 1.165) is 17.4 Å². The van der Waals surface area contributed by atoms with Crippen molar-refractivity contribution in [2.75, 3.05) is 23.7 Å². The number of rotatable bonds is 11. The zero-order chi connectivity index (χ0) is 25.5. The summed E-state index contributed by atoms with van der Waals surface area (Å²) in [4.78, 5) is 27.1. The molecule has 0 aliphatic carbocycles. The molecule has 34 heavy (non-hydrogen) atoms. The number of hydrogen-bond donors (Lipinski definition) is 1. The van der Waals surface area contributed by atoms with Crippen molar-refractivity contribution in [1.29, 1.82) is 0 Å². The van der Waals surface area contributed by atoms with Crippen molar-refractivity contribution in [1.82, 2.24) is 10.2 Å². The number of benzene rings is 2. The molecule has 1 unspecified atom stereocenters. The first-order chi connectivity index (χ1) is 15.9. The van der Waals surface area contributed by atoms with E-state index in [9.17, 15) is 18.0 Å². The van der Waals surface area contributed by atoms with Gasteiger partial charge < -0.3 is 10.2 Å². The van der Waals surface area contributed by atoms with Crippen LogP contribution in [-0.4, -0.2) is 50.5 Å². The molecule has 0 spiro atoms. The summed E-state index contributed by atoms with van der Waals surface area (Å²) >= 11 is 12.1. The van der Waals surface area contributed by atoms with Crippen molar-refractivity contribution in [2.24, 2.45) is 0 Å². The third-order valence-electron chi connectivity index (χ3n) is 5.33. The van der Waals surface area contributed by atoms with Gasteiger partial charge in [0.1, 0.15) is 6.04 Å². The Morgan fingerprint density at radius 3 is 2.26 bits per heavy atom. The predicted octanol–water partition coefficient (Wildman–Crippen LogP) is 4.40. The van der Waals surface area contributed by atoms with Crippen LogP contribution < -0.4 is 9.62 Å². The highest BCUT2D eigenvalue weighted by Crippen LogP contribution is 2.24. The number of halogens is 2. The van der Waals surface area contributed by atoms with Crippen molar-refractivity contribution in [3.8, 4) is 0 Å². The second-order valence-electron chi connectivity index (χ2n) is 8.11. The minimum atomic E-state index is -3.53. The maximum atomic E-state index is 13.2. The first kappa shape index (κ1) is 28.0. The lowest BCUT2D eigenvalue weighted by molar-refractivity contribution is -0.140. The van der Waals surface area contributed by atoms with Gasteiger partial charge in [-0.1, -0.05) is 47.0 Å². The second-order valence-corrected chi connectivity index (χ2v) is 10.8. The SMILES string of the molecule is CCNC(=O)C(C)N(Cc1ccc(Cl)c(Cl)c1)C(=O)CCCN(c1ccc(C)cc1)S(C)(=O)=O. The van der Waals surface area contributed by atoms with Gasteiger partial charge in [-0.2, -0.15) is 0 Å². The molecule has 0 saturated carbocycles. The third-order valence-corrected chi connectivity index (χ3v) is 7.26. The molecule has 0 radical (unpaired) electrons. The predicted molar refractivity (Wildman–Crippen MR) is 138 cm³/mol. The molecule has 1 N–H and O–H groups in total. The van der Waals surface area contributed by atoms with E-state index in [1.165, 1.54) is 9.21 Å². The van der Waals surface area contributed by atoms with Crippen molar-refractivity contribution in [3.05, 3.63) is 63.6 Å². The molecule has 2 aromatic rings. The van der Waals surface area contributed by atoms with E-state index < -0.39 is 16.1 Å². The van der Waals surface area contributed by atoms with E-state index in [1.54, 1.807) is 44.2 Å². The fraction of sp³-hybridized carbons (Fsp3) is 0.417. The maximum absolute atomic E-state index is 13.2. The summed E-state index contributed by atoms with van der Waals surface area (Å²) in [6.07, 6.45) is 1.51. The van der Waals surface area contributed by atoms with Crippen LogP contribution in [0.4, 0.5) is 5.69 Å². The van der Waals surface area contributed by atoms with Crippen molar-refractivity contribution in [3.63, 3.8) is 0 Å². The Labute approximate surface area is 212 Å². The Bertz CT molecular complexity index is 1110. The summed E-state index contributed by atoms with van der Waals surface area (Å²) < 4.78 is 26.0. The van der Waals surface area contributed by atoms with Gasteiger partial charge in [0, 0.05) is 26.1 Å². The van der Waals surface area contributed by atoms with Gasteiger partial charge in [0.2, 0.25) is 21.8 Å². The van der Waals surface area contributed by atoms with Crippen LogP contribution in [0.5, 0.6) is 0 Å². The van der Waals surface area contributed by atoms with Crippen LogP contribution in [-0.2, 0) is 26.2 Å². The topological polar surface area (TPSA) is 86.8 Å². The van der Waals surface area contributed by atoms with Crippen LogP contribution in [0.1, 0.15) is 37.8 Å². The number of hydrogen-bond acceptors (Lipinski definition) is 4. The molecule has 0 aliphatic heterocycles. The molecule has 0 aromatic heterocycles. The van der Waals surface area contributed by atoms with E-state index in [4.69, 9.17) is 23.2 Å². The van der Waals surface area contributed by atoms with Crippen molar-refractivity contribution >= 4 is 50.7 Å². The molecular formula is C24H31Cl2N3O4S. The fourth-order valence-electron chi connectivity index (χ4n) is 3.45. The summed E-state index contributed by atoms with van der Waals surface area (Å²) in [6, 6.07) is 11.5. The molecule has 1 atom stereocenters. The molecule has 10 heteroatoms. The number of nitrogens with zero attached hydrogens (tertiary/aromatic N) is 2. The molecule has 2 rings (SSSR count). The van der Waals surface area contributed by atoms with Crippen LogP contribution in [0, 0.1) is 6.92 Å². The first-order valence-electron chi connectivity index (χ1n) is 11.0. The molecule has 2 amide bonds. The first-order valence-corrected chi connectivity index (χ1v) is 13.6. The zero-order valence-corrected chi connectivity index (χ0v) is 22.2. The fourth-order valence-corrected chi connectivity index (χ4v) is 4.74. The molecular weight excluding hydrogens is 497 g/mol. The molecule has 2 aromatic carbocycles. The molecule has 0 aliphatic rings. The minimum Gasteiger partial charge on any atom is -0.355 e. The van der Waals surface area contributed by atoms with Gasteiger partial charge >= 0.3 is 0 Å². The van der Waals surface area contributed by atoms with Crippen molar-refractivity contribution < 1.29 is 18.0 Å². The van der Waals surface area contributed by atoms with Crippen molar-refractivity contribution in [2.45, 2.75) is 46.2 Å². The Kier molecular flexibility index (Phi) is 10.2.